The number of carbonyl (C=O) groups excluding carboxylic acids is 1. The molecule has 2 aromatic rings. The lowest BCUT2D eigenvalue weighted by Crippen LogP contribution is -2.55. The molecule has 2 aromatic carbocycles. The molecule has 4 rings (SSSR count). The van der Waals surface area contributed by atoms with Gasteiger partial charge in [-0.2, -0.15) is 0 Å². The number of ether oxygens (including phenoxy) is 1. The lowest BCUT2D eigenvalue weighted by Gasteiger charge is -2.48. The normalized spacial score (nSPS) is 27.0. The molecule has 3 atom stereocenters. The quantitative estimate of drug-likeness (QED) is 0.798. The molecule has 2 aliphatic heterocycles. The largest absolute Gasteiger partial charge is 0.508 e. The first kappa shape index (κ1) is 19.9. The molecule has 2 saturated heterocycles. The van der Waals surface area contributed by atoms with Crippen LogP contribution in [-0.4, -0.2) is 34.6 Å². The molecule has 2 fully saturated rings. The number of aromatic hydroxyl groups is 1. The van der Waals surface area contributed by atoms with Crippen molar-refractivity contribution in [3.05, 3.63) is 65.5 Å². The Labute approximate surface area is 171 Å². The second-order valence-corrected chi connectivity index (χ2v) is 8.73. The fraction of sp³-hybridized carbons (Fsp3) is 0.458. The van der Waals surface area contributed by atoms with E-state index in [1.165, 1.54) is 6.07 Å². The number of halogens is 1. The lowest BCUT2D eigenvalue weighted by atomic mass is 9.73. The van der Waals surface area contributed by atoms with Crippen LogP contribution in [0, 0.1) is 17.7 Å². The van der Waals surface area contributed by atoms with Crippen molar-refractivity contribution >= 4 is 5.91 Å². The second-order valence-electron chi connectivity index (χ2n) is 8.73. The predicted octanol–water partition coefficient (Wildman–Crippen LogP) is 4.94. The number of likely N-dealkylation sites (tertiary alicyclic amines) is 1. The van der Waals surface area contributed by atoms with E-state index in [1.54, 1.807) is 36.4 Å². The van der Waals surface area contributed by atoms with E-state index in [0.29, 0.717) is 24.6 Å². The van der Waals surface area contributed by atoms with E-state index in [4.69, 9.17) is 4.74 Å². The zero-order valence-corrected chi connectivity index (χ0v) is 17.0. The molecule has 0 radical (unpaired) electrons. The van der Waals surface area contributed by atoms with Gasteiger partial charge in [-0.15, -0.1) is 0 Å². The van der Waals surface area contributed by atoms with E-state index < -0.39 is 0 Å². The summed E-state index contributed by atoms with van der Waals surface area (Å²) >= 11 is 0. The number of rotatable bonds is 3. The maximum atomic E-state index is 13.8. The van der Waals surface area contributed by atoms with Crippen LogP contribution in [0.1, 0.15) is 55.1 Å². The molecule has 4 nitrogen and oxygen atoms in total. The Morgan fingerprint density at radius 1 is 1.24 bits per heavy atom. The van der Waals surface area contributed by atoms with Crippen molar-refractivity contribution in [2.75, 3.05) is 13.2 Å². The molecule has 2 aliphatic rings. The van der Waals surface area contributed by atoms with Gasteiger partial charge < -0.3 is 14.7 Å². The van der Waals surface area contributed by atoms with Crippen LogP contribution in [-0.2, 0) is 4.74 Å². The number of hydrogen-bond donors (Lipinski definition) is 1. The highest BCUT2D eigenvalue weighted by Gasteiger charge is 2.50. The highest BCUT2D eigenvalue weighted by molar-refractivity contribution is 5.95. The maximum absolute atomic E-state index is 13.8. The Kier molecular flexibility index (Phi) is 5.34. The molecule has 0 unspecified atom stereocenters. The van der Waals surface area contributed by atoms with Crippen LogP contribution in [0.2, 0.25) is 0 Å². The SMILES string of the molecule is CC(C)[C@@H]1C[C@@]2(CCCN2C(=O)c2ccc(O)cc2)CO[C@H]1c1cccc(F)c1. The van der Waals surface area contributed by atoms with Gasteiger partial charge in [-0.05, 0) is 73.1 Å². The summed E-state index contributed by atoms with van der Waals surface area (Å²) in [5.74, 6) is 0.415. The van der Waals surface area contributed by atoms with Crippen molar-refractivity contribution in [2.45, 2.75) is 44.8 Å². The van der Waals surface area contributed by atoms with E-state index in [-0.39, 0.29) is 35.0 Å². The number of nitrogens with zero attached hydrogens (tertiary/aromatic N) is 1. The number of phenolic OH excluding ortho intramolecular Hbond substituents is 1. The first-order chi connectivity index (χ1) is 13.9. The molecule has 2 heterocycles. The zero-order chi connectivity index (χ0) is 20.6. The highest BCUT2D eigenvalue weighted by Crippen LogP contribution is 2.48. The molecule has 154 valence electrons. The fourth-order valence-electron chi connectivity index (χ4n) is 4.96. The topological polar surface area (TPSA) is 49.8 Å². The monoisotopic (exact) mass is 397 g/mol. The minimum Gasteiger partial charge on any atom is -0.508 e. The van der Waals surface area contributed by atoms with Crippen LogP contribution < -0.4 is 0 Å². The minimum atomic E-state index is -0.326. The number of phenols is 1. The molecule has 0 aliphatic carbocycles. The summed E-state index contributed by atoms with van der Waals surface area (Å²) in [5, 5.41) is 9.53. The molecule has 0 aromatic heterocycles. The standard InChI is InChI=1S/C24H28FNO3/c1-16(2)21-14-24(15-29-22(21)18-5-3-6-19(25)13-18)11-4-12-26(24)23(28)17-7-9-20(27)10-8-17/h3,5-10,13,16,21-22,27H,4,11-12,14-15H2,1-2H3/t21-,22-,24-/m0/s1. The van der Waals surface area contributed by atoms with Gasteiger partial charge in [0, 0.05) is 12.1 Å². The molecule has 1 N–H and O–H groups in total. The molecule has 0 saturated carbocycles. The van der Waals surface area contributed by atoms with Crippen molar-refractivity contribution in [3.8, 4) is 5.75 Å². The van der Waals surface area contributed by atoms with Gasteiger partial charge in [0.15, 0.2) is 0 Å². The third-order valence-electron chi connectivity index (χ3n) is 6.53. The van der Waals surface area contributed by atoms with Crippen LogP contribution in [0.5, 0.6) is 5.75 Å². The summed E-state index contributed by atoms with van der Waals surface area (Å²) < 4.78 is 20.2. The van der Waals surface area contributed by atoms with E-state index in [0.717, 1.165) is 24.8 Å². The Bertz CT molecular complexity index is 882. The fourth-order valence-corrected chi connectivity index (χ4v) is 4.96. The maximum Gasteiger partial charge on any atom is 0.254 e. The Morgan fingerprint density at radius 2 is 2.00 bits per heavy atom. The zero-order valence-electron chi connectivity index (χ0n) is 17.0. The molecule has 29 heavy (non-hydrogen) atoms. The molecule has 1 amide bonds. The van der Waals surface area contributed by atoms with Gasteiger partial charge in [0.05, 0.1) is 18.2 Å². The van der Waals surface area contributed by atoms with Gasteiger partial charge in [0.2, 0.25) is 0 Å². The van der Waals surface area contributed by atoms with E-state index in [9.17, 15) is 14.3 Å². The van der Waals surface area contributed by atoms with Crippen LogP contribution in [0.15, 0.2) is 48.5 Å². The molecule has 1 spiro atoms. The third-order valence-corrected chi connectivity index (χ3v) is 6.53. The summed E-state index contributed by atoms with van der Waals surface area (Å²) in [6.07, 6.45) is 2.54. The highest BCUT2D eigenvalue weighted by atomic mass is 19.1. The number of hydrogen-bond acceptors (Lipinski definition) is 3. The summed E-state index contributed by atoms with van der Waals surface area (Å²) in [6.45, 7) is 5.50. The first-order valence-corrected chi connectivity index (χ1v) is 10.4. The summed E-state index contributed by atoms with van der Waals surface area (Å²) in [6, 6.07) is 13.1. The van der Waals surface area contributed by atoms with Gasteiger partial charge in [-0.3, -0.25) is 4.79 Å². The number of carbonyl (C=O) groups is 1. The predicted molar refractivity (Wildman–Crippen MR) is 109 cm³/mol. The molecular weight excluding hydrogens is 369 g/mol. The minimum absolute atomic E-state index is 0.0159. The van der Waals surface area contributed by atoms with E-state index in [2.05, 4.69) is 13.8 Å². The Hall–Kier alpha value is -2.40. The van der Waals surface area contributed by atoms with Crippen molar-refractivity contribution in [1.82, 2.24) is 4.90 Å². The smallest absolute Gasteiger partial charge is 0.254 e. The summed E-state index contributed by atoms with van der Waals surface area (Å²) in [5.41, 5.74) is 1.12. The number of amides is 1. The first-order valence-electron chi connectivity index (χ1n) is 10.4. The summed E-state index contributed by atoms with van der Waals surface area (Å²) in [4.78, 5) is 15.2. The Balaban J connectivity index is 1.61. The molecule has 5 heteroatoms. The van der Waals surface area contributed by atoms with Crippen molar-refractivity contribution in [2.24, 2.45) is 11.8 Å². The van der Waals surface area contributed by atoms with Gasteiger partial charge >= 0.3 is 0 Å². The van der Waals surface area contributed by atoms with Crippen molar-refractivity contribution in [1.29, 1.82) is 0 Å². The van der Waals surface area contributed by atoms with Crippen LogP contribution in [0.4, 0.5) is 4.39 Å². The van der Waals surface area contributed by atoms with E-state index in [1.807, 2.05) is 11.0 Å². The van der Waals surface area contributed by atoms with Crippen LogP contribution in [0.3, 0.4) is 0 Å². The average Bonchev–Trinajstić information content (AvgIpc) is 3.10. The van der Waals surface area contributed by atoms with Crippen molar-refractivity contribution in [3.63, 3.8) is 0 Å². The Morgan fingerprint density at radius 3 is 2.69 bits per heavy atom. The van der Waals surface area contributed by atoms with Gasteiger partial charge in [-0.1, -0.05) is 26.0 Å². The third kappa shape index (κ3) is 3.76. The molecular formula is C24H28FNO3. The van der Waals surface area contributed by atoms with Gasteiger partial charge in [0.1, 0.15) is 11.6 Å². The van der Waals surface area contributed by atoms with Crippen LogP contribution in [0.25, 0.3) is 0 Å². The van der Waals surface area contributed by atoms with Gasteiger partial charge in [0.25, 0.3) is 5.91 Å². The number of benzene rings is 2. The van der Waals surface area contributed by atoms with Gasteiger partial charge in [-0.25, -0.2) is 4.39 Å². The average molecular weight is 397 g/mol. The lowest BCUT2D eigenvalue weighted by molar-refractivity contribution is -0.112. The molecule has 0 bridgehead atoms. The van der Waals surface area contributed by atoms with Crippen molar-refractivity contribution < 1.29 is 19.0 Å². The summed E-state index contributed by atoms with van der Waals surface area (Å²) in [7, 11) is 0. The van der Waals surface area contributed by atoms with E-state index >= 15 is 0 Å². The van der Waals surface area contributed by atoms with Crippen LogP contribution >= 0.6 is 0 Å². The second kappa shape index (κ2) is 7.79.